The van der Waals surface area contributed by atoms with Gasteiger partial charge in [0, 0.05) is 18.6 Å². The van der Waals surface area contributed by atoms with Gasteiger partial charge < -0.3 is 10.1 Å². The number of rotatable bonds is 5. The largest absolute Gasteiger partial charge is 0.447 e. The summed E-state index contributed by atoms with van der Waals surface area (Å²) in [5.41, 5.74) is 3.38. The van der Waals surface area contributed by atoms with Crippen LogP contribution in [0.5, 0.6) is 0 Å². The topological polar surface area (TPSA) is 80.2 Å². The molecule has 0 bridgehead atoms. The highest BCUT2D eigenvalue weighted by atomic mass is 16.6. The number of hydrogen-bond acceptors (Lipinski definition) is 6. The second-order valence-corrected chi connectivity index (χ2v) is 6.23. The molecule has 1 aromatic carbocycles. The van der Waals surface area contributed by atoms with E-state index in [1.165, 1.54) is 4.90 Å². The Morgan fingerprint density at radius 2 is 1.78 bits per heavy atom. The number of anilines is 2. The number of carbonyl (C=O) groups is 1. The Bertz CT molecular complexity index is 931. The molecule has 1 N–H and O–H groups in total. The molecule has 1 atom stereocenters. The third kappa shape index (κ3) is 3.72. The molecule has 3 aromatic rings. The highest BCUT2D eigenvalue weighted by Crippen LogP contribution is 2.24. The summed E-state index contributed by atoms with van der Waals surface area (Å²) in [6.07, 6.45) is 4.83. The van der Waals surface area contributed by atoms with Crippen LogP contribution in [0.25, 0.3) is 11.1 Å². The molecule has 0 radical (unpaired) electrons. The number of aromatic nitrogens is 3. The lowest BCUT2D eigenvalue weighted by Gasteiger charge is -2.17. The van der Waals surface area contributed by atoms with Gasteiger partial charge in [-0.25, -0.2) is 9.78 Å². The lowest BCUT2D eigenvalue weighted by Crippen LogP contribution is -2.25. The van der Waals surface area contributed by atoms with Crippen molar-refractivity contribution in [1.29, 1.82) is 0 Å². The summed E-state index contributed by atoms with van der Waals surface area (Å²) in [5, 5.41) is 3.29. The molecule has 1 saturated heterocycles. The molecule has 0 aliphatic carbocycles. The zero-order valence-electron chi connectivity index (χ0n) is 14.9. The number of hydrogen-bond donors (Lipinski definition) is 1. The van der Waals surface area contributed by atoms with Crippen LogP contribution in [0.4, 0.5) is 16.6 Å². The molecular formula is C20H19N5O2. The minimum Gasteiger partial charge on any atom is -0.447 e. The minimum absolute atomic E-state index is 0.0114. The maximum atomic E-state index is 11.7. The smallest absolute Gasteiger partial charge is 0.415 e. The van der Waals surface area contributed by atoms with Crippen molar-refractivity contribution < 1.29 is 9.53 Å². The van der Waals surface area contributed by atoms with Gasteiger partial charge in [0.25, 0.3) is 0 Å². The van der Waals surface area contributed by atoms with E-state index in [0.29, 0.717) is 24.9 Å². The molecular weight excluding hydrogens is 342 g/mol. The Labute approximate surface area is 157 Å². The zero-order chi connectivity index (χ0) is 18.6. The molecule has 1 unspecified atom stereocenters. The van der Waals surface area contributed by atoms with Crippen LogP contribution in [0.3, 0.4) is 0 Å². The van der Waals surface area contributed by atoms with Crippen LogP contribution < -0.4 is 10.2 Å². The number of benzene rings is 1. The molecule has 2 aromatic heterocycles. The molecule has 7 nitrogen and oxygen atoms in total. The monoisotopic (exact) mass is 361 g/mol. The molecule has 7 heteroatoms. The summed E-state index contributed by atoms with van der Waals surface area (Å²) in [4.78, 5) is 25.9. The minimum atomic E-state index is -0.376. The fourth-order valence-electron chi connectivity index (χ4n) is 2.96. The Kier molecular flexibility index (Phi) is 4.65. The summed E-state index contributed by atoms with van der Waals surface area (Å²) in [6, 6.07) is 14.0. The number of nitrogens with zero attached hydrogens (tertiary/aromatic N) is 4. The van der Waals surface area contributed by atoms with E-state index in [-0.39, 0.29) is 12.1 Å². The summed E-state index contributed by atoms with van der Waals surface area (Å²) in [7, 11) is 0. The van der Waals surface area contributed by atoms with Crippen molar-refractivity contribution in [1.82, 2.24) is 15.0 Å². The first-order valence-corrected chi connectivity index (χ1v) is 8.75. The molecule has 0 spiro atoms. The second-order valence-electron chi connectivity index (χ2n) is 6.23. The van der Waals surface area contributed by atoms with Crippen LogP contribution in [0.2, 0.25) is 0 Å². The average molecular weight is 361 g/mol. The highest BCUT2D eigenvalue weighted by Gasteiger charge is 2.25. The number of ether oxygens (including phenoxy) is 1. The Morgan fingerprint density at radius 3 is 2.48 bits per heavy atom. The average Bonchev–Trinajstić information content (AvgIpc) is 3.15. The van der Waals surface area contributed by atoms with Gasteiger partial charge in [-0.1, -0.05) is 24.3 Å². The molecule has 1 aliphatic heterocycles. The van der Waals surface area contributed by atoms with Crippen molar-refractivity contribution in [2.75, 3.05) is 23.4 Å². The van der Waals surface area contributed by atoms with Gasteiger partial charge in [0.2, 0.25) is 5.95 Å². The van der Waals surface area contributed by atoms with Crippen LogP contribution in [-0.4, -0.2) is 34.2 Å². The fourth-order valence-corrected chi connectivity index (χ4v) is 2.96. The van der Waals surface area contributed by atoms with Crippen molar-refractivity contribution in [2.45, 2.75) is 13.0 Å². The van der Waals surface area contributed by atoms with Gasteiger partial charge >= 0.3 is 6.09 Å². The molecule has 3 heterocycles. The van der Waals surface area contributed by atoms with Crippen molar-refractivity contribution in [3.8, 4) is 11.1 Å². The maximum absolute atomic E-state index is 11.7. The second kappa shape index (κ2) is 7.41. The fraction of sp³-hybridized carbons (Fsp3) is 0.200. The number of nitrogens with one attached hydrogen (secondary N) is 1. The first-order valence-electron chi connectivity index (χ1n) is 8.75. The Balaban J connectivity index is 1.47. The summed E-state index contributed by atoms with van der Waals surface area (Å²) in [5.74, 6) is 1.01. The number of pyridine rings is 1. The molecule has 0 saturated carbocycles. The normalized spacial score (nSPS) is 14.7. The third-order valence-electron chi connectivity index (χ3n) is 4.45. The van der Waals surface area contributed by atoms with E-state index in [1.807, 2.05) is 19.1 Å². The molecule has 1 amide bonds. The Morgan fingerprint density at radius 1 is 1.04 bits per heavy atom. The Hall–Kier alpha value is -3.48. The molecule has 1 aliphatic rings. The first kappa shape index (κ1) is 17.0. The summed E-state index contributed by atoms with van der Waals surface area (Å²) in [6.45, 7) is 2.93. The lowest BCUT2D eigenvalue weighted by atomic mass is 10.0. The van der Waals surface area contributed by atoms with E-state index in [4.69, 9.17) is 4.74 Å². The van der Waals surface area contributed by atoms with Gasteiger partial charge in [-0.3, -0.25) is 9.88 Å². The number of amides is 1. The van der Waals surface area contributed by atoms with Crippen LogP contribution in [0.15, 0.2) is 61.1 Å². The van der Waals surface area contributed by atoms with Crippen LogP contribution >= 0.6 is 0 Å². The van der Waals surface area contributed by atoms with E-state index in [0.717, 1.165) is 16.7 Å². The maximum Gasteiger partial charge on any atom is 0.415 e. The van der Waals surface area contributed by atoms with Crippen molar-refractivity contribution in [3.05, 3.63) is 66.6 Å². The molecule has 1 fully saturated rings. The number of cyclic esters (lactones) is 1. The van der Waals surface area contributed by atoms with Gasteiger partial charge in [0.15, 0.2) is 0 Å². The van der Waals surface area contributed by atoms with E-state index in [9.17, 15) is 4.79 Å². The molecule has 27 heavy (non-hydrogen) atoms. The number of carbonyl (C=O) groups excluding carboxylic acids is 1. The van der Waals surface area contributed by atoms with E-state index < -0.39 is 0 Å². The van der Waals surface area contributed by atoms with Gasteiger partial charge in [-0.2, -0.15) is 4.98 Å². The highest BCUT2D eigenvalue weighted by molar-refractivity contribution is 5.88. The summed E-state index contributed by atoms with van der Waals surface area (Å²) >= 11 is 0. The zero-order valence-corrected chi connectivity index (χ0v) is 14.9. The van der Waals surface area contributed by atoms with E-state index in [2.05, 4.69) is 44.5 Å². The van der Waals surface area contributed by atoms with Crippen LogP contribution in [0.1, 0.15) is 18.5 Å². The lowest BCUT2D eigenvalue weighted by molar-refractivity contribution is 0.181. The van der Waals surface area contributed by atoms with E-state index in [1.54, 1.807) is 24.7 Å². The van der Waals surface area contributed by atoms with Gasteiger partial charge in [-0.05, 0) is 41.8 Å². The molecule has 136 valence electrons. The SMILES string of the molecule is CC(Nc1nccc(N2CCOC2=O)n1)c1ccc(-c2ccncc2)cc1. The standard InChI is InChI=1S/C20H19N5O2/c1-14(15-2-4-16(5-3-15)17-6-9-21-10-7-17)23-19-22-11-8-18(24-19)25-12-13-27-20(25)26/h2-11,14H,12-13H2,1H3,(H,22,23,24). The van der Waals surface area contributed by atoms with Gasteiger partial charge in [0.05, 0.1) is 12.6 Å². The van der Waals surface area contributed by atoms with Crippen molar-refractivity contribution in [2.24, 2.45) is 0 Å². The predicted molar refractivity (Wildman–Crippen MR) is 102 cm³/mol. The first-order chi connectivity index (χ1) is 13.2. The van der Waals surface area contributed by atoms with Gasteiger partial charge in [0.1, 0.15) is 12.4 Å². The summed E-state index contributed by atoms with van der Waals surface area (Å²) < 4.78 is 4.96. The van der Waals surface area contributed by atoms with E-state index >= 15 is 0 Å². The predicted octanol–water partition coefficient (Wildman–Crippen LogP) is 3.67. The quantitative estimate of drug-likeness (QED) is 0.747. The van der Waals surface area contributed by atoms with Crippen molar-refractivity contribution >= 4 is 17.9 Å². The molecule has 4 rings (SSSR count). The third-order valence-corrected chi connectivity index (χ3v) is 4.45. The van der Waals surface area contributed by atoms with Gasteiger partial charge in [-0.15, -0.1) is 0 Å². The van der Waals surface area contributed by atoms with Crippen molar-refractivity contribution in [3.63, 3.8) is 0 Å². The van der Waals surface area contributed by atoms with Crippen LogP contribution in [0, 0.1) is 0 Å². The van der Waals surface area contributed by atoms with Crippen LogP contribution in [-0.2, 0) is 4.74 Å².